The van der Waals surface area contributed by atoms with Crippen molar-refractivity contribution in [3.8, 4) is 0 Å². The van der Waals surface area contributed by atoms with E-state index in [-0.39, 0.29) is 18.0 Å². The Balaban J connectivity index is 2.07. The third kappa shape index (κ3) is 1.56. The molecule has 1 amide bonds. The van der Waals surface area contributed by atoms with E-state index in [0.717, 1.165) is 19.3 Å². The van der Waals surface area contributed by atoms with Crippen LogP contribution in [-0.4, -0.2) is 28.7 Å². The molecule has 2 atom stereocenters. The van der Waals surface area contributed by atoms with Gasteiger partial charge in [0.15, 0.2) is 0 Å². The summed E-state index contributed by atoms with van der Waals surface area (Å²) in [5, 5.41) is 0. The highest BCUT2D eigenvalue weighted by molar-refractivity contribution is 5.85. The van der Waals surface area contributed by atoms with Crippen molar-refractivity contribution in [1.29, 1.82) is 0 Å². The molecule has 2 fully saturated rings. The summed E-state index contributed by atoms with van der Waals surface area (Å²) in [5.41, 5.74) is 0. The van der Waals surface area contributed by atoms with E-state index in [1.165, 1.54) is 0 Å². The Morgan fingerprint density at radius 2 is 1.93 bits per heavy atom. The molecule has 2 aliphatic heterocycles. The molecule has 2 saturated heterocycles. The van der Waals surface area contributed by atoms with Gasteiger partial charge in [0.05, 0.1) is 0 Å². The van der Waals surface area contributed by atoms with Crippen LogP contribution in [0, 0.1) is 0 Å². The quantitative estimate of drug-likeness (QED) is 0.669. The first-order chi connectivity index (χ1) is 6.72. The number of rotatable bonds is 2. The Kier molecular flexibility index (Phi) is 2.57. The zero-order valence-corrected chi connectivity index (χ0v) is 8.66. The third-order valence-corrected chi connectivity index (χ3v) is 3.30. The second-order valence-corrected chi connectivity index (χ2v) is 4.38. The van der Waals surface area contributed by atoms with Crippen LogP contribution in [0.2, 0.25) is 0 Å². The molecule has 0 aliphatic carbocycles. The van der Waals surface area contributed by atoms with Gasteiger partial charge in [0.1, 0.15) is 5.78 Å². The summed E-state index contributed by atoms with van der Waals surface area (Å²) in [6.07, 6.45) is 4.82. The van der Waals surface area contributed by atoms with Crippen molar-refractivity contribution < 1.29 is 9.59 Å². The number of ketones is 1. The van der Waals surface area contributed by atoms with Crippen molar-refractivity contribution in [2.45, 2.75) is 57.5 Å². The maximum absolute atomic E-state index is 11.8. The summed E-state index contributed by atoms with van der Waals surface area (Å²) in [7, 11) is 0. The zero-order chi connectivity index (χ0) is 10.1. The fraction of sp³-hybridized carbons (Fsp3) is 0.818. The van der Waals surface area contributed by atoms with E-state index in [1.807, 2.05) is 11.8 Å². The largest absolute Gasteiger partial charge is 0.336 e. The zero-order valence-electron chi connectivity index (χ0n) is 8.66. The lowest BCUT2D eigenvalue weighted by Crippen LogP contribution is -2.46. The standard InChI is InChI=1S/C11H17NO2/c1-2-3-11(14)12-8-4-5-9(12)7-10(13)6-8/h8-9H,2-7H2,1H3/t8-,9+. The Morgan fingerprint density at radius 1 is 1.36 bits per heavy atom. The van der Waals surface area contributed by atoms with E-state index in [4.69, 9.17) is 0 Å². The highest BCUT2D eigenvalue weighted by Gasteiger charge is 2.41. The molecule has 0 aromatic carbocycles. The number of hydrogen-bond donors (Lipinski definition) is 0. The van der Waals surface area contributed by atoms with Crippen LogP contribution in [0.25, 0.3) is 0 Å². The predicted octanol–water partition coefficient (Wildman–Crippen LogP) is 1.51. The van der Waals surface area contributed by atoms with Crippen molar-refractivity contribution >= 4 is 11.7 Å². The van der Waals surface area contributed by atoms with Gasteiger partial charge in [-0.25, -0.2) is 0 Å². The second kappa shape index (κ2) is 3.71. The molecule has 0 spiro atoms. The van der Waals surface area contributed by atoms with Crippen molar-refractivity contribution in [3.63, 3.8) is 0 Å². The van der Waals surface area contributed by atoms with Crippen LogP contribution in [0.3, 0.4) is 0 Å². The molecular weight excluding hydrogens is 178 g/mol. The SMILES string of the molecule is CCCC(=O)N1[C@@H]2CC[C@H]1CC(=O)C2. The average Bonchev–Trinajstić information content (AvgIpc) is 2.39. The maximum atomic E-state index is 11.8. The lowest BCUT2D eigenvalue weighted by Gasteiger charge is -2.34. The molecule has 0 unspecified atom stereocenters. The van der Waals surface area contributed by atoms with E-state index >= 15 is 0 Å². The maximum Gasteiger partial charge on any atom is 0.223 e. The van der Waals surface area contributed by atoms with E-state index in [0.29, 0.717) is 25.0 Å². The molecule has 0 N–H and O–H groups in total. The van der Waals surface area contributed by atoms with E-state index < -0.39 is 0 Å². The first-order valence-corrected chi connectivity index (χ1v) is 5.55. The molecule has 3 nitrogen and oxygen atoms in total. The molecule has 78 valence electrons. The lowest BCUT2D eigenvalue weighted by molar-refractivity contribution is -0.138. The Morgan fingerprint density at radius 3 is 2.43 bits per heavy atom. The van der Waals surface area contributed by atoms with Crippen LogP contribution in [0.5, 0.6) is 0 Å². The van der Waals surface area contributed by atoms with Crippen molar-refractivity contribution in [3.05, 3.63) is 0 Å². The van der Waals surface area contributed by atoms with Crippen molar-refractivity contribution in [1.82, 2.24) is 4.90 Å². The van der Waals surface area contributed by atoms with Gasteiger partial charge >= 0.3 is 0 Å². The smallest absolute Gasteiger partial charge is 0.223 e. The van der Waals surface area contributed by atoms with E-state index in [2.05, 4.69) is 0 Å². The minimum Gasteiger partial charge on any atom is -0.336 e. The predicted molar refractivity (Wildman–Crippen MR) is 52.8 cm³/mol. The monoisotopic (exact) mass is 195 g/mol. The minimum atomic E-state index is 0.236. The summed E-state index contributed by atoms with van der Waals surface area (Å²) in [5.74, 6) is 0.602. The average molecular weight is 195 g/mol. The Labute approximate surface area is 84.5 Å². The molecule has 3 heteroatoms. The van der Waals surface area contributed by atoms with E-state index in [9.17, 15) is 9.59 Å². The highest BCUT2D eigenvalue weighted by atomic mass is 16.2. The van der Waals surface area contributed by atoms with Gasteiger partial charge in [0.25, 0.3) is 0 Å². The van der Waals surface area contributed by atoms with Gasteiger partial charge in [0.2, 0.25) is 5.91 Å². The Bertz CT molecular complexity index is 246. The molecule has 0 saturated carbocycles. The van der Waals surface area contributed by atoms with Crippen molar-refractivity contribution in [2.24, 2.45) is 0 Å². The minimum absolute atomic E-state index is 0.236. The van der Waals surface area contributed by atoms with Gasteiger partial charge in [-0.2, -0.15) is 0 Å². The number of fused-ring (bicyclic) bond motifs is 2. The molecule has 2 rings (SSSR count). The summed E-state index contributed by atoms with van der Waals surface area (Å²) in [6, 6.07) is 0.473. The number of hydrogen-bond acceptors (Lipinski definition) is 2. The van der Waals surface area contributed by atoms with Gasteiger partial charge in [-0.3, -0.25) is 9.59 Å². The summed E-state index contributed by atoms with van der Waals surface area (Å²) in [4.78, 5) is 25.1. The first-order valence-electron chi connectivity index (χ1n) is 5.55. The normalized spacial score (nSPS) is 30.9. The number of carbonyl (C=O) groups is 2. The number of nitrogens with zero attached hydrogens (tertiary/aromatic N) is 1. The van der Waals surface area contributed by atoms with Crippen LogP contribution in [0.15, 0.2) is 0 Å². The summed E-state index contributed by atoms with van der Waals surface area (Å²) < 4.78 is 0. The molecule has 0 radical (unpaired) electrons. The third-order valence-electron chi connectivity index (χ3n) is 3.30. The lowest BCUT2D eigenvalue weighted by atomic mass is 10.0. The molecule has 2 aliphatic rings. The molecule has 2 heterocycles. The fourth-order valence-corrected chi connectivity index (χ4v) is 2.72. The molecule has 0 aromatic heterocycles. The van der Waals surface area contributed by atoms with Gasteiger partial charge in [-0.1, -0.05) is 6.92 Å². The Hall–Kier alpha value is -0.860. The summed E-state index contributed by atoms with van der Waals surface area (Å²) in [6.45, 7) is 2.02. The number of Topliss-reactive ketones (excluding diaryl/α,β-unsaturated/α-hetero) is 1. The molecular formula is C11H17NO2. The van der Waals surface area contributed by atoms with Gasteiger partial charge in [0, 0.05) is 31.3 Å². The summed E-state index contributed by atoms with van der Waals surface area (Å²) >= 11 is 0. The fourth-order valence-electron chi connectivity index (χ4n) is 2.72. The number of carbonyl (C=O) groups excluding carboxylic acids is 2. The van der Waals surface area contributed by atoms with Gasteiger partial charge in [-0.15, -0.1) is 0 Å². The number of piperidine rings is 1. The van der Waals surface area contributed by atoms with Crippen LogP contribution in [-0.2, 0) is 9.59 Å². The molecule has 2 bridgehead atoms. The molecule has 0 aromatic rings. The van der Waals surface area contributed by atoms with Crippen molar-refractivity contribution in [2.75, 3.05) is 0 Å². The van der Waals surface area contributed by atoms with Crippen LogP contribution >= 0.6 is 0 Å². The highest BCUT2D eigenvalue weighted by Crippen LogP contribution is 2.34. The second-order valence-electron chi connectivity index (χ2n) is 4.38. The first kappa shape index (κ1) is 9.69. The van der Waals surface area contributed by atoms with Gasteiger partial charge < -0.3 is 4.90 Å². The number of amides is 1. The van der Waals surface area contributed by atoms with Crippen LogP contribution in [0.1, 0.15) is 45.4 Å². The van der Waals surface area contributed by atoms with Crippen LogP contribution in [0.4, 0.5) is 0 Å². The van der Waals surface area contributed by atoms with E-state index in [1.54, 1.807) is 0 Å². The molecule has 14 heavy (non-hydrogen) atoms. The van der Waals surface area contributed by atoms with Gasteiger partial charge in [-0.05, 0) is 19.3 Å². The topological polar surface area (TPSA) is 37.4 Å². The van der Waals surface area contributed by atoms with Crippen LogP contribution < -0.4 is 0 Å².